The van der Waals surface area contributed by atoms with Crippen molar-refractivity contribution in [3.05, 3.63) is 59.4 Å². The van der Waals surface area contributed by atoms with Gasteiger partial charge >= 0.3 is 0 Å². The molecule has 0 aliphatic heterocycles. The number of ether oxygens (including phenoxy) is 1. The lowest BCUT2D eigenvalue weighted by Gasteiger charge is -2.06. The van der Waals surface area contributed by atoms with E-state index < -0.39 is 0 Å². The maximum atomic E-state index is 10.5. The number of aromatic nitrogens is 1. The summed E-state index contributed by atoms with van der Waals surface area (Å²) in [4.78, 5) is 14.4. The fourth-order valence-corrected chi connectivity index (χ4v) is 1.43. The van der Waals surface area contributed by atoms with Gasteiger partial charge in [0.15, 0.2) is 0 Å². The topological polar surface area (TPSA) is 63.0 Å². The number of hydrogen-bond donors (Lipinski definition) is 0. The number of benzene rings is 1. The number of nitrogens with zero attached hydrogens (tertiary/aromatic N) is 2. The monoisotopic (exact) mass is 238 g/mol. The van der Waals surface area contributed by atoms with Crippen LogP contribution in [0.3, 0.4) is 0 Å². The molecule has 0 saturated heterocycles. The molecule has 2 aromatic rings. The molecule has 0 spiro atoms. The molecule has 0 atom stereocenters. The normalized spacial score (nSPS) is 9.50. The minimum atomic E-state index is 0.359. The van der Waals surface area contributed by atoms with Crippen LogP contribution in [0.25, 0.3) is 0 Å². The van der Waals surface area contributed by atoms with Crippen LogP contribution in [0.15, 0.2) is 42.6 Å². The summed E-state index contributed by atoms with van der Waals surface area (Å²) in [6, 6.07) is 12.3. The number of carbonyl (C=O) groups excluding carboxylic acids is 1. The van der Waals surface area contributed by atoms with Gasteiger partial charge in [-0.25, -0.2) is 4.98 Å². The maximum absolute atomic E-state index is 10.5. The van der Waals surface area contributed by atoms with Crippen LogP contribution in [0, 0.1) is 11.3 Å². The van der Waals surface area contributed by atoms with Gasteiger partial charge in [-0.05, 0) is 42.0 Å². The number of hydrogen-bond acceptors (Lipinski definition) is 4. The first-order valence-electron chi connectivity index (χ1n) is 5.35. The van der Waals surface area contributed by atoms with Crippen LogP contribution in [0.1, 0.15) is 21.6 Å². The van der Waals surface area contributed by atoms with Gasteiger partial charge in [0.2, 0.25) is 0 Å². The van der Waals surface area contributed by atoms with Gasteiger partial charge in [-0.2, -0.15) is 5.26 Å². The number of aldehydes is 1. The van der Waals surface area contributed by atoms with Crippen molar-refractivity contribution < 1.29 is 9.53 Å². The van der Waals surface area contributed by atoms with Crippen molar-refractivity contribution in [3.8, 4) is 11.8 Å². The summed E-state index contributed by atoms with van der Waals surface area (Å²) in [6.07, 6.45) is 2.36. The lowest BCUT2D eigenvalue weighted by atomic mass is 10.2. The maximum Gasteiger partial charge on any atom is 0.150 e. The zero-order valence-electron chi connectivity index (χ0n) is 9.54. The van der Waals surface area contributed by atoms with E-state index in [1.165, 1.54) is 0 Å². The standard InChI is InChI=1S/C14H10N2O2/c15-8-13-7-12(5-6-16-13)10-18-14-3-1-11(9-17)2-4-14/h1-7,9H,10H2. The zero-order chi connectivity index (χ0) is 12.8. The Morgan fingerprint density at radius 3 is 2.72 bits per heavy atom. The smallest absolute Gasteiger partial charge is 0.150 e. The van der Waals surface area contributed by atoms with Crippen LogP contribution in [0.5, 0.6) is 5.75 Å². The average Bonchev–Trinajstić information content (AvgIpc) is 2.46. The Morgan fingerprint density at radius 1 is 1.28 bits per heavy atom. The quantitative estimate of drug-likeness (QED) is 0.767. The molecule has 0 amide bonds. The molecule has 0 unspecified atom stereocenters. The summed E-state index contributed by atoms with van der Waals surface area (Å²) in [5.74, 6) is 0.677. The van der Waals surface area contributed by atoms with Gasteiger partial charge in [0, 0.05) is 11.8 Å². The third kappa shape index (κ3) is 2.92. The van der Waals surface area contributed by atoms with Crippen molar-refractivity contribution in [1.82, 2.24) is 4.98 Å². The van der Waals surface area contributed by atoms with E-state index in [0.29, 0.717) is 23.6 Å². The van der Waals surface area contributed by atoms with Gasteiger partial charge in [0.25, 0.3) is 0 Å². The predicted molar refractivity (Wildman–Crippen MR) is 65.1 cm³/mol. The van der Waals surface area contributed by atoms with Crippen LogP contribution in [-0.2, 0) is 6.61 Å². The molecule has 18 heavy (non-hydrogen) atoms. The second-order valence-corrected chi connectivity index (χ2v) is 3.64. The fraction of sp³-hybridized carbons (Fsp3) is 0.0714. The van der Waals surface area contributed by atoms with Crippen LogP contribution in [-0.4, -0.2) is 11.3 Å². The molecule has 0 bridgehead atoms. The molecule has 2 rings (SSSR count). The van der Waals surface area contributed by atoms with Crippen molar-refractivity contribution in [2.24, 2.45) is 0 Å². The lowest BCUT2D eigenvalue weighted by Crippen LogP contribution is -1.96. The largest absolute Gasteiger partial charge is 0.489 e. The number of pyridine rings is 1. The second kappa shape index (κ2) is 5.60. The first-order chi connectivity index (χ1) is 8.81. The minimum Gasteiger partial charge on any atom is -0.489 e. The van der Waals surface area contributed by atoms with Crippen LogP contribution in [0.4, 0.5) is 0 Å². The third-order valence-corrected chi connectivity index (χ3v) is 2.36. The molecule has 0 saturated carbocycles. The molecule has 1 aromatic heterocycles. The van der Waals surface area contributed by atoms with E-state index in [9.17, 15) is 4.79 Å². The molecule has 1 heterocycles. The molecule has 4 heteroatoms. The van der Waals surface area contributed by atoms with Crippen LogP contribution >= 0.6 is 0 Å². The summed E-state index contributed by atoms with van der Waals surface area (Å²) in [5.41, 5.74) is 1.85. The summed E-state index contributed by atoms with van der Waals surface area (Å²) in [6.45, 7) is 0.359. The highest BCUT2D eigenvalue weighted by atomic mass is 16.5. The van der Waals surface area contributed by atoms with E-state index in [-0.39, 0.29) is 0 Å². The Hall–Kier alpha value is -2.67. The fourth-order valence-electron chi connectivity index (χ4n) is 1.43. The van der Waals surface area contributed by atoms with Gasteiger partial charge in [-0.1, -0.05) is 0 Å². The van der Waals surface area contributed by atoms with Gasteiger partial charge < -0.3 is 4.74 Å². The van der Waals surface area contributed by atoms with Gasteiger partial charge in [-0.3, -0.25) is 4.79 Å². The number of carbonyl (C=O) groups is 1. The number of nitriles is 1. The molecule has 1 aromatic carbocycles. The Labute approximate surface area is 104 Å². The molecule has 0 aliphatic carbocycles. The molecule has 0 fully saturated rings. The minimum absolute atomic E-state index is 0.359. The molecule has 0 aliphatic rings. The Morgan fingerprint density at radius 2 is 2.06 bits per heavy atom. The van der Waals surface area contributed by atoms with Crippen LogP contribution < -0.4 is 4.74 Å². The van der Waals surface area contributed by atoms with Crippen molar-refractivity contribution in [2.75, 3.05) is 0 Å². The van der Waals surface area contributed by atoms with E-state index in [0.717, 1.165) is 11.8 Å². The molecule has 0 radical (unpaired) electrons. The average molecular weight is 238 g/mol. The van der Waals surface area contributed by atoms with Gasteiger partial charge in [-0.15, -0.1) is 0 Å². The van der Waals surface area contributed by atoms with E-state index in [4.69, 9.17) is 10.00 Å². The predicted octanol–water partition coefficient (Wildman–Crippen LogP) is 2.34. The highest BCUT2D eigenvalue weighted by Gasteiger charge is 1.99. The van der Waals surface area contributed by atoms with E-state index >= 15 is 0 Å². The Balaban J connectivity index is 2.02. The molecular formula is C14H10N2O2. The highest BCUT2D eigenvalue weighted by Crippen LogP contribution is 2.13. The summed E-state index contributed by atoms with van der Waals surface area (Å²) >= 11 is 0. The Kier molecular flexibility index (Phi) is 3.67. The van der Waals surface area contributed by atoms with Gasteiger partial charge in [0.05, 0.1) is 0 Å². The van der Waals surface area contributed by atoms with Crippen molar-refractivity contribution in [2.45, 2.75) is 6.61 Å². The number of rotatable bonds is 4. The highest BCUT2D eigenvalue weighted by molar-refractivity contribution is 5.74. The first kappa shape index (κ1) is 11.8. The van der Waals surface area contributed by atoms with E-state index in [1.807, 2.05) is 6.07 Å². The second-order valence-electron chi connectivity index (χ2n) is 3.64. The third-order valence-electron chi connectivity index (χ3n) is 2.36. The lowest BCUT2D eigenvalue weighted by molar-refractivity contribution is 0.112. The van der Waals surface area contributed by atoms with Gasteiger partial charge in [0.1, 0.15) is 30.4 Å². The van der Waals surface area contributed by atoms with Crippen molar-refractivity contribution in [3.63, 3.8) is 0 Å². The first-order valence-corrected chi connectivity index (χ1v) is 5.35. The van der Waals surface area contributed by atoms with E-state index in [1.54, 1.807) is 42.6 Å². The molecule has 4 nitrogen and oxygen atoms in total. The van der Waals surface area contributed by atoms with Crippen LogP contribution in [0.2, 0.25) is 0 Å². The molecular weight excluding hydrogens is 228 g/mol. The Bertz CT molecular complexity index is 585. The van der Waals surface area contributed by atoms with E-state index in [2.05, 4.69) is 4.98 Å². The molecule has 0 N–H and O–H groups in total. The zero-order valence-corrected chi connectivity index (χ0v) is 9.54. The molecule has 88 valence electrons. The summed E-state index contributed by atoms with van der Waals surface area (Å²) in [5, 5.41) is 8.72. The summed E-state index contributed by atoms with van der Waals surface area (Å²) < 4.78 is 5.54. The van der Waals surface area contributed by atoms with Crippen molar-refractivity contribution >= 4 is 6.29 Å². The summed E-state index contributed by atoms with van der Waals surface area (Å²) in [7, 11) is 0. The SMILES string of the molecule is N#Cc1cc(COc2ccc(C=O)cc2)ccn1. The van der Waals surface area contributed by atoms with Crippen molar-refractivity contribution in [1.29, 1.82) is 5.26 Å².